The number of carbonyl (C=O) groups excluding carboxylic acids is 3. The summed E-state index contributed by atoms with van der Waals surface area (Å²) in [5, 5.41) is 21.6. The van der Waals surface area contributed by atoms with Crippen molar-refractivity contribution in [2.45, 2.75) is 83.1 Å². The third-order valence-corrected chi connectivity index (χ3v) is 6.24. The van der Waals surface area contributed by atoms with Crippen LogP contribution in [0.15, 0.2) is 0 Å². The lowest BCUT2D eigenvalue weighted by Gasteiger charge is -2.34. The standard InChI is InChI=1S/C20H34N4O6/c1-4-11(2)16(22-17(26)15(21)12(3)25)19(28)23-9-5-7-13(23)18(27)24-10-6-8-14(24)20(29)30/h11-16,25H,4-10,21H2,1-3H3,(H,22,26)(H,29,30). The minimum Gasteiger partial charge on any atom is -0.480 e. The molecule has 2 heterocycles. The summed E-state index contributed by atoms with van der Waals surface area (Å²) in [6.07, 6.45) is 1.66. The Bertz CT molecular complexity index is 670. The second kappa shape index (κ2) is 10.2. The predicted molar refractivity (Wildman–Crippen MR) is 108 cm³/mol. The molecular weight excluding hydrogens is 392 g/mol. The second-order valence-corrected chi connectivity index (χ2v) is 8.36. The Balaban J connectivity index is 2.18. The van der Waals surface area contributed by atoms with E-state index in [0.717, 1.165) is 0 Å². The zero-order chi connectivity index (χ0) is 22.6. The molecule has 2 saturated heterocycles. The van der Waals surface area contributed by atoms with Crippen LogP contribution in [0.3, 0.4) is 0 Å². The molecule has 0 radical (unpaired) electrons. The van der Waals surface area contributed by atoms with E-state index in [4.69, 9.17) is 5.73 Å². The molecule has 0 spiro atoms. The first kappa shape index (κ1) is 24.1. The zero-order valence-electron chi connectivity index (χ0n) is 17.9. The van der Waals surface area contributed by atoms with Gasteiger partial charge in [0.1, 0.15) is 24.2 Å². The number of hydrogen-bond acceptors (Lipinski definition) is 6. The van der Waals surface area contributed by atoms with Gasteiger partial charge in [-0.05, 0) is 38.5 Å². The fourth-order valence-electron chi connectivity index (χ4n) is 4.10. The van der Waals surface area contributed by atoms with Gasteiger partial charge in [-0.25, -0.2) is 4.79 Å². The summed E-state index contributed by atoms with van der Waals surface area (Å²) in [5.41, 5.74) is 5.70. The minimum atomic E-state index is -1.17. The lowest BCUT2D eigenvalue weighted by molar-refractivity contribution is -0.152. The van der Waals surface area contributed by atoms with Crippen LogP contribution in [0.4, 0.5) is 0 Å². The van der Waals surface area contributed by atoms with Crippen LogP contribution >= 0.6 is 0 Å². The van der Waals surface area contributed by atoms with Gasteiger partial charge in [-0.3, -0.25) is 14.4 Å². The quantitative estimate of drug-likeness (QED) is 0.400. The van der Waals surface area contributed by atoms with Crippen LogP contribution in [-0.2, 0) is 19.2 Å². The fourth-order valence-corrected chi connectivity index (χ4v) is 4.10. The molecule has 0 aromatic heterocycles. The van der Waals surface area contributed by atoms with Crippen molar-refractivity contribution in [3.05, 3.63) is 0 Å². The highest BCUT2D eigenvalue weighted by Crippen LogP contribution is 2.26. The number of rotatable bonds is 8. The molecule has 0 bridgehead atoms. The molecule has 5 N–H and O–H groups in total. The number of nitrogens with two attached hydrogens (primary N) is 1. The van der Waals surface area contributed by atoms with E-state index in [1.807, 2.05) is 13.8 Å². The highest BCUT2D eigenvalue weighted by Gasteiger charge is 2.44. The van der Waals surface area contributed by atoms with Crippen molar-refractivity contribution in [3.63, 3.8) is 0 Å². The van der Waals surface area contributed by atoms with Crippen LogP contribution in [0, 0.1) is 5.92 Å². The number of nitrogens with one attached hydrogen (secondary N) is 1. The first-order valence-electron chi connectivity index (χ1n) is 10.7. The van der Waals surface area contributed by atoms with Crippen LogP contribution in [0.5, 0.6) is 0 Å². The molecule has 30 heavy (non-hydrogen) atoms. The number of nitrogens with zero attached hydrogens (tertiary/aromatic N) is 2. The van der Waals surface area contributed by atoms with Gasteiger partial charge in [0, 0.05) is 13.1 Å². The molecule has 170 valence electrons. The summed E-state index contributed by atoms with van der Waals surface area (Å²) < 4.78 is 0. The molecule has 10 nitrogen and oxygen atoms in total. The maximum Gasteiger partial charge on any atom is 0.326 e. The number of carboxylic acid groups (broad SMARTS) is 1. The van der Waals surface area contributed by atoms with Crippen molar-refractivity contribution in [2.75, 3.05) is 13.1 Å². The molecule has 6 unspecified atom stereocenters. The summed E-state index contributed by atoms with van der Waals surface area (Å²) >= 11 is 0. The van der Waals surface area contributed by atoms with Crippen molar-refractivity contribution in [2.24, 2.45) is 11.7 Å². The highest BCUT2D eigenvalue weighted by molar-refractivity contribution is 5.95. The molecule has 10 heteroatoms. The maximum absolute atomic E-state index is 13.3. The van der Waals surface area contributed by atoms with E-state index in [1.165, 1.54) is 16.7 Å². The number of carboxylic acids is 1. The number of aliphatic hydroxyl groups is 1. The Hall–Kier alpha value is -2.20. The van der Waals surface area contributed by atoms with Gasteiger partial charge < -0.3 is 31.1 Å². The van der Waals surface area contributed by atoms with Gasteiger partial charge in [0.2, 0.25) is 17.7 Å². The van der Waals surface area contributed by atoms with Crippen LogP contribution in [0.2, 0.25) is 0 Å². The molecule has 2 fully saturated rings. The number of aliphatic carboxylic acids is 1. The molecule has 0 aromatic carbocycles. The van der Waals surface area contributed by atoms with E-state index in [1.54, 1.807) is 0 Å². The molecule has 6 atom stereocenters. The van der Waals surface area contributed by atoms with Crippen molar-refractivity contribution < 1.29 is 29.4 Å². The smallest absolute Gasteiger partial charge is 0.326 e. The normalized spacial score (nSPS) is 25.5. The number of hydrogen-bond donors (Lipinski definition) is 4. The Labute approximate surface area is 176 Å². The number of carbonyl (C=O) groups is 4. The second-order valence-electron chi connectivity index (χ2n) is 8.36. The van der Waals surface area contributed by atoms with E-state index in [-0.39, 0.29) is 17.7 Å². The summed E-state index contributed by atoms with van der Waals surface area (Å²) in [5.74, 6) is -2.60. The molecular formula is C20H34N4O6. The summed E-state index contributed by atoms with van der Waals surface area (Å²) in [6.45, 7) is 5.84. The van der Waals surface area contributed by atoms with E-state index in [0.29, 0.717) is 45.2 Å². The Kier molecular flexibility index (Phi) is 8.19. The van der Waals surface area contributed by atoms with Crippen molar-refractivity contribution >= 4 is 23.7 Å². The van der Waals surface area contributed by atoms with Gasteiger partial charge in [0.05, 0.1) is 6.10 Å². The lowest BCUT2D eigenvalue weighted by Crippen LogP contribution is -2.59. The summed E-state index contributed by atoms with van der Waals surface area (Å²) in [7, 11) is 0. The predicted octanol–water partition coefficient (Wildman–Crippen LogP) is -0.708. The number of likely N-dealkylation sites (tertiary alicyclic amines) is 2. The molecule has 0 aromatic rings. The van der Waals surface area contributed by atoms with Gasteiger partial charge in [0.25, 0.3) is 0 Å². The maximum atomic E-state index is 13.3. The zero-order valence-corrected chi connectivity index (χ0v) is 17.9. The third kappa shape index (κ3) is 5.10. The van der Waals surface area contributed by atoms with E-state index < -0.39 is 42.1 Å². The van der Waals surface area contributed by atoms with Crippen LogP contribution < -0.4 is 11.1 Å². The number of amides is 3. The molecule has 2 aliphatic heterocycles. The summed E-state index contributed by atoms with van der Waals surface area (Å²) in [4.78, 5) is 53.1. The van der Waals surface area contributed by atoms with E-state index in [9.17, 15) is 29.4 Å². The van der Waals surface area contributed by atoms with E-state index >= 15 is 0 Å². The van der Waals surface area contributed by atoms with Gasteiger partial charge in [0.15, 0.2) is 0 Å². The van der Waals surface area contributed by atoms with Crippen LogP contribution in [-0.4, -0.2) is 87.1 Å². The Morgan fingerprint density at radius 2 is 1.63 bits per heavy atom. The van der Waals surface area contributed by atoms with Crippen LogP contribution in [0.25, 0.3) is 0 Å². The Morgan fingerprint density at radius 3 is 2.17 bits per heavy atom. The average Bonchev–Trinajstić information content (AvgIpc) is 3.39. The largest absolute Gasteiger partial charge is 0.480 e. The first-order chi connectivity index (χ1) is 14.1. The molecule has 2 rings (SSSR count). The SMILES string of the molecule is CCC(C)C(NC(=O)C(N)C(C)O)C(=O)N1CCCC1C(=O)N1CCCC1C(=O)O. The third-order valence-electron chi connectivity index (χ3n) is 6.24. The van der Waals surface area contributed by atoms with Gasteiger partial charge in [-0.2, -0.15) is 0 Å². The summed E-state index contributed by atoms with van der Waals surface area (Å²) in [6, 6.07) is -3.63. The minimum absolute atomic E-state index is 0.211. The average molecular weight is 427 g/mol. The van der Waals surface area contributed by atoms with Crippen molar-refractivity contribution in [3.8, 4) is 0 Å². The molecule has 2 aliphatic rings. The van der Waals surface area contributed by atoms with Crippen LogP contribution in [0.1, 0.15) is 52.9 Å². The lowest BCUT2D eigenvalue weighted by atomic mass is 9.96. The Morgan fingerprint density at radius 1 is 1.07 bits per heavy atom. The monoisotopic (exact) mass is 426 g/mol. The van der Waals surface area contributed by atoms with Gasteiger partial charge in [-0.15, -0.1) is 0 Å². The fraction of sp³-hybridized carbons (Fsp3) is 0.800. The number of aliphatic hydroxyl groups excluding tert-OH is 1. The first-order valence-corrected chi connectivity index (χ1v) is 10.7. The molecule has 3 amide bonds. The molecule has 0 saturated carbocycles. The highest BCUT2D eigenvalue weighted by atomic mass is 16.4. The van der Waals surface area contributed by atoms with Gasteiger partial charge in [-0.1, -0.05) is 20.3 Å². The van der Waals surface area contributed by atoms with E-state index in [2.05, 4.69) is 5.32 Å². The van der Waals surface area contributed by atoms with Crippen molar-refractivity contribution in [1.29, 1.82) is 0 Å². The molecule has 0 aliphatic carbocycles. The van der Waals surface area contributed by atoms with Gasteiger partial charge >= 0.3 is 5.97 Å². The van der Waals surface area contributed by atoms with Crippen molar-refractivity contribution in [1.82, 2.24) is 15.1 Å². The topological polar surface area (TPSA) is 153 Å².